The molecule has 0 radical (unpaired) electrons. The summed E-state index contributed by atoms with van der Waals surface area (Å²) in [5.74, 6) is -3.25. The van der Waals surface area contributed by atoms with Crippen LogP contribution in [0.2, 0.25) is 0 Å². The first-order chi connectivity index (χ1) is 6.99. The number of carboxylic acid groups (broad SMARTS) is 1. The van der Waals surface area contributed by atoms with E-state index in [1.54, 1.807) is 6.92 Å². The minimum atomic E-state index is -1.14. The number of hydrogen-bond acceptors (Lipinski definition) is 3. The number of nitrogens with zero attached hydrogens (tertiary/aromatic N) is 1. The van der Waals surface area contributed by atoms with E-state index < -0.39 is 29.7 Å². The molecule has 0 aromatic heterocycles. The lowest BCUT2D eigenvalue weighted by Crippen LogP contribution is -2.46. The highest BCUT2D eigenvalue weighted by atomic mass is 16.4. The van der Waals surface area contributed by atoms with Gasteiger partial charge in [0.2, 0.25) is 11.8 Å². The quantitative estimate of drug-likeness (QED) is 0.597. The minimum Gasteiger partial charge on any atom is -0.481 e. The lowest BCUT2D eigenvalue weighted by atomic mass is 10.1. The molecule has 3 N–H and O–H groups in total. The van der Waals surface area contributed by atoms with Gasteiger partial charge in [0.1, 0.15) is 12.0 Å². The van der Waals surface area contributed by atoms with E-state index in [0.29, 0.717) is 6.42 Å². The topological polar surface area (TPSA) is 101 Å². The van der Waals surface area contributed by atoms with Crippen LogP contribution in [0.15, 0.2) is 0 Å². The molecule has 0 aromatic rings. The summed E-state index contributed by atoms with van der Waals surface area (Å²) in [7, 11) is 0. The number of amides is 2. The average molecular weight is 214 g/mol. The van der Waals surface area contributed by atoms with Crippen LogP contribution >= 0.6 is 0 Å². The Labute approximate surface area is 87.0 Å². The summed E-state index contributed by atoms with van der Waals surface area (Å²) in [5, 5.41) is 8.73. The summed E-state index contributed by atoms with van der Waals surface area (Å²) in [6.07, 6.45) is 0.658. The molecule has 0 spiro atoms. The summed E-state index contributed by atoms with van der Waals surface area (Å²) in [6.45, 7) is 2.02. The normalized spacial score (nSPS) is 22.9. The molecular formula is C9H14N2O4. The first-order valence-corrected chi connectivity index (χ1v) is 4.81. The molecule has 1 aliphatic heterocycles. The van der Waals surface area contributed by atoms with E-state index >= 15 is 0 Å². The van der Waals surface area contributed by atoms with Gasteiger partial charge in [-0.05, 0) is 12.8 Å². The van der Waals surface area contributed by atoms with Crippen molar-refractivity contribution in [3.05, 3.63) is 0 Å². The highest BCUT2D eigenvalue weighted by molar-refractivity contribution is 6.00. The molecule has 1 aliphatic rings. The Hall–Kier alpha value is -1.59. The Morgan fingerprint density at radius 2 is 2.27 bits per heavy atom. The zero-order valence-corrected chi connectivity index (χ0v) is 8.47. The standard InChI is InChI=1S/C9H14N2O4/c1-2-6(7(10)12)11-4-3-5(8(11)13)9(14)15/h5-6H,2-4H2,1H3,(H2,10,12)(H,14,15)/t5?,6-/m0/s1. The second-order valence-corrected chi connectivity index (χ2v) is 3.54. The fourth-order valence-electron chi connectivity index (χ4n) is 1.82. The third-order valence-corrected chi connectivity index (χ3v) is 2.63. The molecule has 0 aliphatic carbocycles. The van der Waals surface area contributed by atoms with Crippen molar-refractivity contribution in [2.45, 2.75) is 25.8 Å². The molecule has 15 heavy (non-hydrogen) atoms. The van der Waals surface area contributed by atoms with Crippen LogP contribution in [0.25, 0.3) is 0 Å². The number of nitrogens with two attached hydrogens (primary N) is 1. The number of hydrogen-bond donors (Lipinski definition) is 2. The molecule has 1 fully saturated rings. The molecule has 2 atom stereocenters. The molecule has 6 heteroatoms. The van der Waals surface area contributed by atoms with Crippen molar-refractivity contribution in [3.63, 3.8) is 0 Å². The molecule has 0 aromatic carbocycles. The number of carboxylic acids is 1. The van der Waals surface area contributed by atoms with Gasteiger partial charge in [-0.25, -0.2) is 0 Å². The first-order valence-electron chi connectivity index (χ1n) is 4.81. The number of likely N-dealkylation sites (tertiary alicyclic amines) is 1. The van der Waals surface area contributed by atoms with E-state index in [2.05, 4.69) is 0 Å². The van der Waals surface area contributed by atoms with E-state index in [1.165, 1.54) is 4.90 Å². The Kier molecular flexibility index (Phi) is 3.28. The Balaban J connectivity index is 2.78. The minimum absolute atomic E-state index is 0.248. The van der Waals surface area contributed by atoms with Crippen LogP contribution in [0.5, 0.6) is 0 Å². The first kappa shape index (κ1) is 11.5. The number of carbonyl (C=O) groups is 3. The van der Waals surface area contributed by atoms with Crippen molar-refractivity contribution in [1.29, 1.82) is 0 Å². The van der Waals surface area contributed by atoms with Crippen molar-refractivity contribution < 1.29 is 19.5 Å². The third-order valence-electron chi connectivity index (χ3n) is 2.63. The van der Waals surface area contributed by atoms with Crippen LogP contribution in [-0.2, 0) is 14.4 Å². The van der Waals surface area contributed by atoms with Crippen molar-refractivity contribution in [2.24, 2.45) is 11.7 Å². The summed E-state index contributed by atoms with van der Waals surface area (Å²) < 4.78 is 0. The van der Waals surface area contributed by atoms with Crippen molar-refractivity contribution in [2.75, 3.05) is 6.54 Å². The summed E-state index contributed by atoms with van der Waals surface area (Å²) >= 11 is 0. The second-order valence-electron chi connectivity index (χ2n) is 3.54. The monoisotopic (exact) mass is 214 g/mol. The van der Waals surface area contributed by atoms with Gasteiger partial charge in [-0.1, -0.05) is 6.92 Å². The predicted molar refractivity (Wildman–Crippen MR) is 50.7 cm³/mol. The molecule has 1 heterocycles. The van der Waals surface area contributed by atoms with Crippen molar-refractivity contribution in [3.8, 4) is 0 Å². The number of carbonyl (C=O) groups excluding carboxylic acids is 2. The van der Waals surface area contributed by atoms with Gasteiger partial charge in [0.05, 0.1) is 0 Å². The summed E-state index contributed by atoms with van der Waals surface area (Å²) in [5.41, 5.74) is 5.13. The predicted octanol–water partition coefficient (Wildman–Crippen LogP) is -0.817. The fraction of sp³-hybridized carbons (Fsp3) is 0.667. The SMILES string of the molecule is CC[C@@H](C(N)=O)N1CCC(C(=O)O)C1=O. The van der Waals surface area contributed by atoms with E-state index in [4.69, 9.17) is 10.8 Å². The van der Waals surface area contributed by atoms with Crippen molar-refractivity contribution in [1.82, 2.24) is 4.90 Å². The second kappa shape index (κ2) is 4.29. The molecule has 6 nitrogen and oxygen atoms in total. The Morgan fingerprint density at radius 3 is 2.60 bits per heavy atom. The molecule has 0 bridgehead atoms. The maximum Gasteiger partial charge on any atom is 0.316 e. The van der Waals surface area contributed by atoms with Gasteiger partial charge in [-0.3, -0.25) is 14.4 Å². The van der Waals surface area contributed by atoms with Gasteiger partial charge in [-0.15, -0.1) is 0 Å². The van der Waals surface area contributed by atoms with Gasteiger partial charge < -0.3 is 15.7 Å². The molecule has 2 amide bonds. The summed E-state index contributed by atoms with van der Waals surface area (Å²) in [6, 6.07) is -0.679. The zero-order valence-electron chi connectivity index (χ0n) is 8.47. The van der Waals surface area contributed by atoms with Gasteiger partial charge in [-0.2, -0.15) is 0 Å². The fourth-order valence-corrected chi connectivity index (χ4v) is 1.82. The van der Waals surface area contributed by atoms with Gasteiger partial charge >= 0.3 is 5.97 Å². The molecule has 1 unspecified atom stereocenters. The third kappa shape index (κ3) is 2.08. The highest BCUT2D eigenvalue weighted by Crippen LogP contribution is 2.21. The largest absolute Gasteiger partial charge is 0.481 e. The van der Waals surface area contributed by atoms with Gasteiger partial charge in [0.15, 0.2) is 0 Å². The molecule has 84 valence electrons. The molecule has 1 saturated heterocycles. The van der Waals surface area contributed by atoms with E-state index in [9.17, 15) is 14.4 Å². The van der Waals surface area contributed by atoms with Gasteiger partial charge in [0.25, 0.3) is 0 Å². The van der Waals surface area contributed by atoms with Gasteiger partial charge in [0, 0.05) is 6.54 Å². The van der Waals surface area contributed by atoms with Crippen LogP contribution < -0.4 is 5.73 Å². The number of primary amides is 1. The maximum absolute atomic E-state index is 11.6. The highest BCUT2D eigenvalue weighted by Gasteiger charge is 2.40. The lowest BCUT2D eigenvalue weighted by Gasteiger charge is -2.23. The maximum atomic E-state index is 11.6. The van der Waals surface area contributed by atoms with Crippen LogP contribution in [-0.4, -0.2) is 40.4 Å². The van der Waals surface area contributed by atoms with E-state index in [0.717, 1.165) is 0 Å². The average Bonchev–Trinajstić information content (AvgIpc) is 2.49. The smallest absolute Gasteiger partial charge is 0.316 e. The number of aliphatic carboxylic acids is 1. The molecule has 0 saturated carbocycles. The lowest BCUT2D eigenvalue weighted by molar-refractivity contribution is -0.149. The van der Waals surface area contributed by atoms with Crippen LogP contribution in [0.3, 0.4) is 0 Å². The molecular weight excluding hydrogens is 200 g/mol. The van der Waals surface area contributed by atoms with Crippen LogP contribution in [0, 0.1) is 5.92 Å². The van der Waals surface area contributed by atoms with E-state index in [1.807, 2.05) is 0 Å². The van der Waals surface area contributed by atoms with E-state index in [-0.39, 0.29) is 13.0 Å². The Bertz CT molecular complexity index is 302. The molecule has 1 rings (SSSR count). The van der Waals surface area contributed by atoms with Crippen molar-refractivity contribution >= 4 is 17.8 Å². The number of rotatable bonds is 4. The van der Waals surface area contributed by atoms with Crippen LogP contribution in [0.1, 0.15) is 19.8 Å². The zero-order chi connectivity index (χ0) is 11.6. The Morgan fingerprint density at radius 1 is 1.67 bits per heavy atom. The summed E-state index contributed by atoms with van der Waals surface area (Å²) in [4.78, 5) is 34.5. The van der Waals surface area contributed by atoms with Crippen LogP contribution in [0.4, 0.5) is 0 Å².